The van der Waals surface area contributed by atoms with Crippen LogP contribution in [-0.2, 0) is 43.8 Å². The molecule has 0 saturated carbocycles. The minimum Gasteiger partial charge on any atom is -0.497 e. The molecule has 0 radical (unpaired) electrons. The van der Waals surface area contributed by atoms with Gasteiger partial charge in [0.2, 0.25) is 0 Å². The number of benzene rings is 3. The van der Waals surface area contributed by atoms with Gasteiger partial charge in [-0.1, -0.05) is 30.3 Å². The van der Waals surface area contributed by atoms with Gasteiger partial charge in [-0.15, -0.1) is 0 Å². The molecule has 0 saturated heterocycles. The van der Waals surface area contributed by atoms with E-state index in [1.54, 1.807) is 99.8 Å². The van der Waals surface area contributed by atoms with Crippen LogP contribution in [-0.4, -0.2) is 97.5 Å². The van der Waals surface area contributed by atoms with Crippen LogP contribution in [0, 0.1) is 0 Å². The quantitative estimate of drug-likeness (QED) is 0.211. The largest absolute Gasteiger partial charge is 0.497 e. The fourth-order valence-corrected chi connectivity index (χ4v) is 6.70. The lowest BCUT2D eigenvalue weighted by molar-refractivity contribution is -0.146. The third-order valence-corrected chi connectivity index (χ3v) is 9.13. The van der Waals surface area contributed by atoms with Crippen LogP contribution in [0.5, 0.6) is 11.5 Å². The first-order chi connectivity index (χ1) is 25.0. The maximum atomic E-state index is 14.4. The third kappa shape index (κ3) is 5.71. The molecule has 0 spiro atoms. The van der Waals surface area contributed by atoms with E-state index >= 15 is 0 Å². The summed E-state index contributed by atoms with van der Waals surface area (Å²) in [7, 11) is 12.9. The van der Waals surface area contributed by atoms with E-state index in [-0.39, 0.29) is 5.57 Å². The minimum atomic E-state index is -1.90. The number of hydrogen-bond donors (Lipinski definition) is 0. The van der Waals surface area contributed by atoms with Crippen LogP contribution in [0.3, 0.4) is 0 Å². The van der Waals surface area contributed by atoms with Gasteiger partial charge in [-0.2, -0.15) is 0 Å². The number of anilines is 2. The SMILES string of the molecule is COC(=O)C1=C(C(=O)OC)N2C(N(C)c3ccc(OC)cc3)=C(N(C)c3ccc(OC)cc3)N(C)C2(c2ccccc2)C(C(=O)OC)=C1C(=O)OC. The van der Waals surface area contributed by atoms with Gasteiger partial charge in [-0.05, 0) is 48.5 Å². The van der Waals surface area contributed by atoms with Crippen LogP contribution in [0.1, 0.15) is 5.56 Å². The Morgan fingerprint density at radius 1 is 0.558 bits per heavy atom. The summed E-state index contributed by atoms with van der Waals surface area (Å²) in [6, 6.07) is 23.2. The van der Waals surface area contributed by atoms with Gasteiger partial charge < -0.3 is 43.1 Å². The second-order valence-corrected chi connectivity index (χ2v) is 11.5. The molecule has 0 aliphatic carbocycles. The molecule has 2 aliphatic heterocycles. The van der Waals surface area contributed by atoms with Crippen molar-refractivity contribution in [1.82, 2.24) is 9.80 Å². The monoisotopic (exact) mass is 712 g/mol. The zero-order valence-electron chi connectivity index (χ0n) is 30.4. The number of carbonyl (C=O) groups is 4. The van der Waals surface area contributed by atoms with E-state index in [0.29, 0.717) is 40.1 Å². The number of nitrogens with zero attached hydrogens (tertiary/aromatic N) is 4. The Labute approximate surface area is 301 Å². The number of rotatable bonds is 11. The van der Waals surface area contributed by atoms with E-state index < -0.39 is 46.4 Å². The summed E-state index contributed by atoms with van der Waals surface area (Å²) < 4.78 is 31.9. The molecule has 272 valence electrons. The Morgan fingerprint density at radius 3 is 1.44 bits per heavy atom. The van der Waals surface area contributed by atoms with Gasteiger partial charge in [0, 0.05) is 38.1 Å². The number of methoxy groups -OCH3 is 6. The highest BCUT2D eigenvalue weighted by atomic mass is 16.5. The minimum absolute atomic E-state index is 0.293. The lowest BCUT2D eigenvalue weighted by Crippen LogP contribution is -2.59. The summed E-state index contributed by atoms with van der Waals surface area (Å²) in [5, 5.41) is 0. The predicted octanol–water partition coefficient (Wildman–Crippen LogP) is 3.76. The molecule has 0 fully saturated rings. The van der Waals surface area contributed by atoms with Crippen molar-refractivity contribution in [2.75, 3.05) is 73.6 Å². The topological polar surface area (TPSA) is 137 Å². The summed E-state index contributed by atoms with van der Waals surface area (Å²) in [5.41, 5.74) is -1.98. The molecule has 14 heteroatoms. The van der Waals surface area contributed by atoms with Crippen molar-refractivity contribution in [1.29, 1.82) is 0 Å². The molecule has 52 heavy (non-hydrogen) atoms. The molecule has 2 aliphatic rings. The second kappa shape index (κ2) is 14.8. The number of ether oxygens (including phenoxy) is 6. The van der Waals surface area contributed by atoms with Crippen LogP contribution >= 0.6 is 0 Å². The first kappa shape index (κ1) is 36.8. The molecule has 1 atom stereocenters. The molecule has 1 unspecified atom stereocenters. The van der Waals surface area contributed by atoms with Crippen molar-refractivity contribution in [2.24, 2.45) is 0 Å². The molecule has 2 heterocycles. The molecule has 0 aromatic heterocycles. The Morgan fingerprint density at radius 2 is 1.00 bits per heavy atom. The van der Waals surface area contributed by atoms with Crippen molar-refractivity contribution >= 4 is 35.3 Å². The van der Waals surface area contributed by atoms with Crippen LogP contribution in [0.2, 0.25) is 0 Å². The number of esters is 4. The molecule has 14 nitrogen and oxygen atoms in total. The molecule has 3 aromatic carbocycles. The highest BCUT2D eigenvalue weighted by Crippen LogP contribution is 2.57. The van der Waals surface area contributed by atoms with Crippen molar-refractivity contribution in [3.8, 4) is 11.5 Å². The number of likely N-dealkylation sites (N-methyl/N-ethyl adjacent to an activating group) is 1. The van der Waals surface area contributed by atoms with Crippen molar-refractivity contribution in [3.63, 3.8) is 0 Å². The van der Waals surface area contributed by atoms with E-state index in [9.17, 15) is 19.2 Å². The van der Waals surface area contributed by atoms with Gasteiger partial charge in [0.05, 0.1) is 48.2 Å². The molecular formula is C38H40N4O10. The summed E-state index contributed by atoms with van der Waals surface area (Å²) in [6.45, 7) is 0. The Bertz CT molecular complexity index is 1970. The average Bonchev–Trinajstić information content (AvgIpc) is 3.47. The van der Waals surface area contributed by atoms with Crippen LogP contribution < -0.4 is 19.3 Å². The zero-order chi connectivity index (χ0) is 37.9. The number of fused-ring (bicyclic) bond motifs is 1. The molecule has 0 amide bonds. The number of carbonyl (C=O) groups excluding carboxylic acids is 4. The van der Waals surface area contributed by atoms with Crippen molar-refractivity contribution in [2.45, 2.75) is 5.66 Å². The van der Waals surface area contributed by atoms with E-state index in [2.05, 4.69) is 0 Å². The Kier molecular flexibility index (Phi) is 10.5. The van der Waals surface area contributed by atoms with Gasteiger partial charge >= 0.3 is 23.9 Å². The first-order valence-corrected chi connectivity index (χ1v) is 15.9. The zero-order valence-corrected chi connectivity index (χ0v) is 30.4. The van der Waals surface area contributed by atoms with E-state index in [1.165, 1.54) is 4.90 Å². The standard InChI is InChI=1S/C38H40N4O10/c1-39(24-15-19-26(47-4)20-16-24)32-33(40(2)25-17-21-27(48-5)22-18-25)42-31(37(46)52-9)29(35(44)50-7)28(34(43)49-6)30(36(45)51-8)38(42,41(32)3)23-13-11-10-12-14-23/h10-22H,1-9H3. The fourth-order valence-electron chi connectivity index (χ4n) is 6.70. The normalized spacial score (nSPS) is 16.6. The van der Waals surface area contributed by atoms with Crippen molar-refractivity contribution in [3.05, 3.63) is 118 Å². The fraction of sp³-hybridized carbons (Fsp3) is 0.263. The summed E-state index contributed by atoms with van der Waals surface area (Å²) in [6.07, 6.45) is 0. The molecule has 0 N–H and O–H groups in total. The maximum absolute atomic E-state index is 14.4. The van der Waals surface area contributed by atoms with E-state index in [4.69, 9.17) is 28.4 Å². The highest BCUT2D eigenvalue weighted by Gasteiger charge is 2.65. The van der Waals surface area contributed by atoms with Gasteiger partial charge in [-0.3, -0.25) is 4.90 Å². The molecular weight excluding hydrogens is 672 g/mol. The van der Waals surface area contributed by atoms with Crippen LogP contribution in [0.25, 0.3) is 0 Å². The van der Waals surface area contributed by atoms with Gasteiger partial charge in [0.1, 0.15) is 28.3 Å². The van der Waals surface area contributed by atoms with E-state index in [0.717, 1.165) is 28.4 Å². The molecule has 5 rings (SSSR count). The molecule has 0 bridgehead atoms. The second-order valence-electron chi connectivity index (χ2n) is 11.5. The first-order valence-electron chi connectivity index (χ1n) is 15.9. The van der Waals surface area contributed by atoms with Crippen molar-refractivity contribution < 1.29 is 47.6 Å². The number of hydrogen-bond acceptors (Lipinski definition) is 14. The predicted molar refractivity (Wildman–Crippen MR) is 190 cm³/mol. The lowest BCUT2D eigenvalue weighted by Gasteiger charge is -2.50. The van der Waals surface area contributed by atoms with Crippen LogP contribution in [0.15, 0.2) is 113 Å². The highest BCUT2D eigenvalue weighted by molar-refractivity contribution is 6.17. The lowest BCUT2D eigenvalue weighted by atomic mass is 9.79. The van der Waals surface area contributed by atoms with Gasteiger partial charge in [-0.25, -0.2) is 19.2 Å². The van der Waals surface area contributed by atoms with Crippen LogP contribution in [0.4, 0.5) is 11.4 Å². The Hall–Kier alpha value is -6.44. The third-order valence-electron chi connectivity index (χ3n) is 9.13. The average molecular weight is 713 g/mol. The van der Waals surface area contributed by atoms with Gasteiger partial charge in [0.15, 0.2) is 17.3 Å². The molecule has 3 aromatic rings. The Balaban J connectivity index is 2.05. The summed E-state index contributed by atoms with van der Waals surface area (Å²) in [4.78, 5) is 63.5. The maximum Gasteiger partial charge on any atom is 0.355 e. The van der Waals surface area contributed by atoms with E-state index in [1.807, 2.05) is 29.2 Å². The van der Waals surface area contributed by atoms with Gasteiger partial charge in [0.25, 0.3) is 0 Å². The summed E-state index contributed by atoms with van der Waals surface area (Å²) >= 11 is 0. The summed E-state index contributed by atoms with van der Waals surface area (Å²) in [5.74, 6) is -2.24. The smallest absolute Gasteiger partial charge is 0.355 e.